The predicted molar refractivity (Wildman–Crippen MR) is 45.4 cm³/mol. The van der Waals surface area contributed by atoms with Gasteiger partial charge in [0.25, 0.3) is 0 Å². The van der Waals surface area contributed by atoms with Gasteiger partial charge in [0.15, 0.2) is 0 Å². The van der Waals surface area contributed by atoms with Crippen molar-refractivity contribution in [2.45, 2.75) is 13.8 Å². The van der Waals surface area contributed by atoms with Crippen molar-refractivity contribution in [3.63, 3.8) is 0 Å². The first-order chi connectivity index (χ1) is 5.54. The molecule has 0 aromatic rings. The Morgan fingerprint density at radius 3 is 1.15 bits per heavy atom. The number of carbonyl (C=O) groups is 2. The van der Waals surface area contributed by atoms with Crippen molar-refractivity contribution in [2.24, 2.45) is 0 Å². The van der Waals surface area contributed by atoms with E-state index >= 15 is 0 Å². The summed E-state index contributed by atoms with van der Waals surface area (Å²) in [5.41, 5.74) is 0. The molecular weight excluding hydrogens is 248 g/mol. The summed E-state index contributed by atoms with van der Waals surface area (Å²) >= 11 is 0. The van der Waals surface area contributed by atoms with Crippen LogP contribution in [0.25, 0.3) is 0 Å². The maximum absolute atomic E-state index is 9.40. The molecule has 68 valence electrons. The molecule has 0 rings (SSSR count). The Bertz CT molecular complexity index is 174. The smallest absolute Gasteiger partial charge is 0.545 e. The minimum Gasteiger partial charge on any atom is -0.545 e. The SMILES string of the molecule is CC=CC(=O)[O-].CC=CC(=O)[O-].[Sr+2]. The zero-order valence-electron chi connectivity index (χ0n) is 7.65. The van der Waals surface area contributed by atoms with E-state index in [9.17, 15) is 19.8 Å². The Morgan fingerprint density at radius 2 is 1.15 bits per heavy atom. The van der Waals surface area contributed by atoms with Gasteiger partial charge in [-0.3, -0.25) is 0 Å². The predicted octanol–water partition coefficient (Wildman–Crippen LogP) is -1.76. The largest absolute Gasteiger partial charge is 2.00 e. The molecule has 5 heteroatoms. The van der Waals surface area contributed by atoms with Gasteiger partial charge in [-0.2, -0.15) is 0 Å². The third kappa shape index (κ3) is 33.5. The van der Waals surface area contributed by atoms with Crippen molar-refractivity contribution in [1.82, 2.24) is 0 Å². The number of allylic oxidation sites excluding steroid dienone is 2. The Balaban J connectivity index is -0.000000143. The van der Waals surface area contributed by atoms with Gasteiger partial charge in [0, 0.05) is 0 Å². The van der Waals surface area contributed by atoms with Crippen LogP contribution in [0.5, 0.6) is 0 Å². The third-order valence-electron chi connectivity index (χ3n) is 0.605. The molecule has 0 amide bonds. The summed E-state index contributed by atoms with van der Waals surface area (Å²) in [5, 5.41) is 18.8. The Kier molecular flexibility index (Phi) is 20.7. The Hall–Kier alpha value is -0.0995. The van der Waals surface area contributed by atoms with Crippen molar-refractivity contribution in [3.8, 4) is 0 Å². The van der Waals surface area contributed by atoms with Crippen LogP contribution in [-0.2, 0) is 9.59 Å². The number of aliphatic carboxylic acids is 2. The summed E-state index contributed by atoms with van der Waals surface area (Å²) in [7, 11) is 0. The molecule has 0 unspecified atom stereocenters. The molecule has 0 N–H and O–H groups in total. The second-order valence-corrected chi connectivity index (χ2v) is 1.64. The van der Waals surface area contributed by atoms with Crippen LogP contribution in [0.1, 0.15) is 13.8 Å². The second-order valence-electron chi connectivity index (χ2n) is 1.64. The molecule has 0 aliphatic heterocycles. The summed E-state index contributed by atoms with van der Waals surface area (Å²) in [4.78, 5) is 18.8. The van der Waals surface area contributed by atoms with Gasteiger partial charge < -0.3 is 19.8 Å². The van der Waals surface area contributed by atoms with Crippen LogP contribution in [0, 0.1) is 0 Å². The van der Waals surface area contributed by atoms with Crippen LogP contribution in [0.2, 0.25) is 0 Å². The second kappa shape index (κ2) is 14.4. The number of carbonyl (C=O) groups excluding carboxylic acids is 2. The van der Waals surface area contributed by atoms with E-state index in [1.165, 1.54) is 12.2 Å². The van der Waals surface area contributed by atoms with Crippen molar-refractivity contribution in [1.29, 1.82) is 0 Å². The summed E-state index contributed by atoms with van der Waals surface area (Å²) in [6, 6.07) is 0. The van der Waals surface area contributed by atoms with E-state index < -0.39 is 11.9 Å². The molecule has 13 heavy (non-hydrogen) atoms. The number of hydrogen-bond donors (Lipinski definition) is 0. The van der Waals surface area contributed by atoms with E-state index in [0.29, 0.717) is 0 Å². The van der Waals surface area contributed by atoms with Crippen LogP contribution in [0.15, 0.2) is 24.3 Å². The molecule has 0 radical (unpaired) electrons. The molecule has 0 aliphatic rings. The van der Waals surface area contributed by atoms with Gasteiger partial charge in [0.05, 0.1) is 11.9 Å². The van der Waals surface area contributed by atoms with Crippen LogP contribution in [0.3, 0.4) is 0 Å². The standard InChI is InChI=1S/2C4H6O2.Sr/c2*1-2-3-4(5)6;/h2*2-3H,1H3,(H,5,6);/q;;+2/p-2. The zero-order valence-corrected chi connectivity index (χ0v) is 11.1. The molecule has 0 aliphatic carbocycles. The molecule has 0 saturated carbocycles. The maximum Gasteiger partial charge on any atom is 2.00 e. The first kappa shape index (κ1) is 18.6. The molecule has 0 atom stereocenters. The van der Waals surface area contributed by atoms with Gasteiger partial charge in [0.1, 0.15) is 0 Å². The van der Waals surface area contributed by atoms with Gasteiger partial charge in [-0.25, -0.2) is 0 Å². The van der Waals surface area contributed by atoms with Crippen LogP contribution in [0.4, 0.5) is 0 Å². The van der Waals surface area contributed by atoms with Crippen molar-refractivity contribution < 1.29 is 19.8 Å². The molecule has 0 saturated heterocycles. The van der Waals surface area contributed by atoms with Gasteiger partial charge in [0.2, 0.25) is 0 Å². The van der Waals surface area contributed by atoms with E-state index in [-0.39, 0.29) is 45.5 Å². The monoisotopic (exact) mass is 258 g/mol. The number of carboxylic acids is 2. The minimum atomic E-state index is -1.14. The molecule has 0 aromatic heterocycles. The van der Waals surface area contributed by atoms with Gasteiger partial charge in [-0.1, -0.05) is 12.2 Å². The fourth-order valence-corrected chi connectivity index (χ4v) is 0.272. The normalized spacial score (nSPS) is 8.77. The fraction of sp³-hybridized carbons (Fsp3) is 0.250. The van der Waals surface area contributed by atoms with Crippen LogP contribution < -0.4 is 10.2 Å². The van der Waals surface area contributed by atoms with Gasteiger partial charge >= 0.3 is 45.5 Å². The molecule has 0 aromatic carbocycles. The van der Waals surface area contributed by atoms with Crippen LogP contribution in [-0.4, -0.2) is 57.4 Å². The maximum atomic E-state index is 9.40. The molecule has 0 spiro atoms. The summed E-state index contributed by atoms with van der Waals surface area (Å²) in [6.45, 7) is 3.24. The van der Waals surface area contributed by atoms with E-state index in [4.69, 9.17) is 0 Å². The van der Waals surface area contributed by atoms with Crippen molar-refractivity contribution >= 4 is 57.4 Å². The third-order valence-corrected chi connectivity index (χ3v) is 0.605. The minimum absolute atomic E-state index is 0. The average Bonchev–Trinajstić information content (AvgIpc) is 1.87. The van der Waals surface area contributed by atoms with E-state index in [2.05, 4.69) is 0 Å². The zero-order chi connectivity index (χ0) is 9.98. The first-order valence-electron chi connectivity index (χ1n) is 3.22. The quantitative estimate of drug-likeness (QED) is 0.434. The summed E-state index contributed by atoms with van der Waals surface area (Å²) in [6.07, 6.45) is 4.77. The first-order valence-corrected chi connectivity index (χ1v) is 3.22. The average molecular weight is 258 g/mol. The van der Waals surface area contributed by atoms with E-state index in [1.807, 2.05) is 0 Å². The molecule has 0 heterocycles. The summed E-state index contributed by atoms with van der Waals surface area (Å²) in [5.74, 6) is -2.28. The molecule has 4 nitrogen and oxygen atoms in total. The number of rotatable bonds is 2. The van der Waals surface area contributed by atoms with Crippen molar-refractivity contribution in [2.75, 3.05) is 0 Å². The van der Waals surface area contributed by atoms with Crippen molar-refractivity contribution in [3.05, 3.63) is 24.3 Å². The fourth-order valence-electron chi connectivity index (χ4n) is 0.272. The van der Waals surface area contributed by atoms with Gasteiger partial charge in [-0.05, 0) is 26.0 Å². The van der Waals surface area contributed by atoms with Gasteiger partial charge in [-0.15, -0.1) is 0 Å². The molecule has 0 fully saturated rings. The number of hydrogen-bond acceptors (Lipinski definition) is 4. The Labute approximate surface area is 114 Å². The molecular formula is C8H10O4Sr. The van der Waals surface area contributed by atoms with Crippen LogP contribution >= 0.6 is 0 Å². The number of carboxylic acid groups (broad SMARTS) is 2. The van der Waals surface area contributed by atoms with E-state index in [1.54, 1.807) is 13.8 Å². The molecule has 0 bridgehead atoms. The summed E-state index contributed by atoms with van der Waals surface area (Å²) < 4.78 is 0. The topological polar surface area (TPSA) is 80.3 Å². The Morgan fingerprint density at radius 1 is 0.923 bits per heavy atom. The van der Waals surface area contributed by atoms with E-state index in [0.717, 1.165) is 12.2 Å².